The first-order valence-electron chi connectivity index (χ1n) is 5.20. The lowest BCUT2D eigenvalue weighted by atomic mass is 9.93. The van der Waals surface area contributed by atoms with E-state index in [2.05, 4.69) is 5.32 Å². The molecule has 0 radical (unpaired) electrons. The fraction of sp³-hybridized carbons (Fsp3) is 0.417. The van der Waals surface area contributed by atoms with Gasteiger partial charge in [0.2, 0.25) is 5.91 Å². The van der Waals surface area contributed by atoms with E-state index in [1.54, 1.807) is 6.07 Å². The van der Waals surface area contributed by atoms with Crippen LogP contribution in [0.15, 0.2) is 18.2 Å². The molecule has 2 aliphatic rings. The van der Waals surface area contributed by atoms with Crippen LogP contribution < -0.4 is 5.32 Å². The summed E-state index contributed by atoms with van der Waals surface area (Å²) in [6, 6.07) is 4.53. The molecule has 1 spiro atoms. The largest absolute Gasteiger partial charge is 0.325 e. The van der Waals surface area contributed by atoms with Crippen molar-refractivity contribution in [2.75, 3.05) is 5.32 Å². The predicted molar refractivity (Wildman–Crippen MR) is 55.0 cm³/mol. The molecule has 1 fully saturated rings. The van der Waals surface area contributed by atoms with Gasteiger partial charge in [-0.3, -0.25) is 4.79 Å². The Kier molecular flexibility index (Phi) is 1.43. The second-order valence-electron chi connectivity index (χ2n) is 4.59. The summed E-state index contributed by atoms with van der Waals surface area (Å²) in [4.78, 5) is 11.9. The molecule has 3 rings (SSSR count). The molecule has 1 aliphatic carbocycles. The number of fused-ring (bicyclic) bond motifs is 2. The quantitative estimate of drug-likeness (QED) is 0.691. The van der Waals surface area contributed by atoms with Gasteiger partial charge in [-0.1, -0.05) is 13.8 Å². The molecule has 1 saturated carbocycles. The molecule has 1 aliphatic heterocycles. The lowest BCUT2D eigenvalue weighted by molar-refractivity contribution is -0.118. The molecule has 2 unspecified atom stereocenters. The average Bonchev–Trinajstić information content (AvgIpc) is 2.62. The van der Waals surface area contributed by atoms with Gasteiger partial charge in [0.1, 0.15) is 5.82 Å². The Labute approximate surface area is 87.5 Å². The molecular formula is C12H12FNO. The van der Waals surface area contributed by atoms with Crippen molar-refractivity contribution < 1.29 is 9.18 Å². The van der Waals surface area contributed by atoms with E-state index in [1.807, 2.05) is 13.8 Å². The zero-order valence-corrected chi connectivity index (χ0v) is 8.67. The molecule has 15 heavy (non-hydrogen) atoms. The molecule has 3 heteroatoms. The number of hydrogen-bond acceptors (Lipinski definition) is 1. The van der Waals surface area contributed by atoms with Crippen LogP contribution in [-0.2, 0) is 10.2 Å². The number of carbonyl (C=O) groups is 1. The zero-order chi connectivity index (χ0) is 10.8. The molecule has 1 aromatic rings. The number of anilines is 1. The maximum atomic E-state index is 13.2. The number of nitrogens with one attached hydrogen (secondary N) is 1. The third kappa shape index (κ3) is 0.822. The normalized spacial score (nSPS) is 36.6. The number of halogens is 1. The highest BCUT2D eigenvalue weighted by atomic mass is 19.1. The number of rotatable bonds is 0. The predicted octanol–water partition coefficient (Wildman–Crippen LogP) is 2.30. The van der Waals surface area contributed by atoms with Gasteiger partial charge in [0, 0.05) is 5.69 Å². The van der Waals surface area contributed by atoms with Crippen LogP contribution in [0.2, 0.25) is 0 Å². The number of carbonyl (C=O) groups excluding carboxylic acids is 1. The second kappa shape index (κ2) is 2.40. The number of amides is 1. The van der Waals surface area contributed by atoms with Gasteiger partial charge in [0.25, 0.3) is 0 Å². The summed E-state index contributed by atoms with van der Waals surface area (Å²) in [6.07, 6.45) is 0. The summed E-state index contributed by atoms with van der Waals surface area (Å²) in [5, 5.41) is 2.83. The topological polar surface area (TPSA) is 29.1 Å². The average molecular weight is 205 g/mol. The van der Waals surface area contributed by atoms with Crippen molar-refractivity contribution in [3.05, 3.63) is 29.6 Å². The Morgan fingerprint density at radius 1 is 1.33 bits per heavy atom. The van der Waals surface area contributed by atoms with Crippen LogP contribution in [0.1, 0.15) is 19.4 Å². The van der Waals surface area contributed by atoms with Gasteiger partial charge in [-0.15, -0.1) is 0 Å². The molecule has 0 saturated heterocycles. The summed E-state index contributed by atoms with van der Waals surface area (Å²) < 4.78 is 13.2. The summed E-state index contributed by atoms with van der Waals surface area (Å²) in [5.74, 6) is 0.375. The summed E-state index contributed by atoms with van der Waals surface area (Å²) >= 11 is 0. The van der Waals surface area contributed by atoms with Crippen LogP contribution in [-0.4, -0.2) is 5.91 Å². The Balaban J connectivity index is 2.22. The molecule has 0 bridgehead atoms. The van der Waals surface area contributed by atoms with Gasteiger partial charge >= 0.3 is 0 Å². The van der Waals surface area contributed by atoms with Crippen LogP contribution in [0.4, 0.5) is 10.1 Å². The minimum atomic E-state index is -0.447. The highest BCUT2D eigenvalue weighted by Gasteiger charge is 2.68. The molecule has 78 valence electrons. The molecule has 1 heterocycles. The second-order valence-corrected chi connectivity index (χ2v) is 4.59. The maximum absolute atomic E-state index is 13.2. The monoisotopic (exact) mass is 205 g/mol. The number of hydrogen-bond donors (Lipinski definition) is 1. The summed E-state index contributed by atoms with van der Waals surface area (Å²) in [5.41, 5.74) is 1.17. The molecule has 0 aromatic heterocycles. The van der Waals surface area contributed by atoms with Gasteiger partial charge in [0.15, 0.2) is 0 Å². The summed E-state index contributed by atoms with van der Waals surface area (Å²) in [6.45, 7) is 4.09. The third-order valence-electron chi connectivity index (χ3n) is 4.13. The van der Waals surface area contributed by atoms with Gasteiger partial charge in [-0.25, -0.2) is 4.39 Å². The van der Waals surface area contributed by atoms with Crippen molar-refractivity contribution in [2.24, 2.45) is 11.8 Å². The standard InChI is InChI=1S/C12H12FNO/c1-6-7(2)12(6)9-5-8(13)3-4-10(9)14-11(12)15/h3-7H,1-2H3,(H,14,15). The first kappa shape index (κ1) is 8.89. The summed E-state index contributed by atoms with van der Waals surface area (Å²) in [7, 11) is 0. The van der Waals surface area contributed by atoms with E-state index in [0.717, 1.165) is 11.3 Å². The molecule has 1 aromatic carbocycles. The van der Waals surface area contributed by atoms with Crippen molar-refractivity contribution in [1.29, 1.82) is 0 Å². The zero-order valence-electron chi connectivity index (χ0n) is 8.67. The Morgan fingerprint density at radius 2 is 2.00 bits per heavy atom. The Bertz CT molecular complexity index is 461. The highest BCUT2D eigenvalue weighted by molar-refractivity contribution is 6.09. The lowest BCUT2D eigenvalue weighted by Gasteiger charge is -2.06. The highest BCUT2D eigenvalue weighted by Crippen LogP contribution is 2.64. The Morgan fingerprint density at radius 3 is 2.60 bits per heavy atom. The van der Waals surface area contributed by atoms with Gasteiger partial charge in [-0.2, -0.15) is 0 Å². The van der Waals surface area contributed by atoms with E-state index < -0.39 is 5.41 Å². The third-order valence-corrected chi connectivity index (χ3v) is 4.13. The lowest BCUT2D eigenvalue weighted by Crippen LogP contribution is -2.22. The van der Waals surface area contributed by atoms with E-state index in [9.17, 15) is 9.18 Å². The van der Waals surface area contributed by atoms with Crippen molar-refractivity contribution in [2.45, 2.75) is 19.3 Å². The van der Waals surface area contributed by atoms with Crippen molar-refractivity contribution >= 4 is 11.6 Å². The molecule has 2 atom stereocenters. The van der Waals surface area contributed by atoms with Crippen LogP contribution in [0.3, 0.4) is 0 Å². The van der Waals surface area contributed by atoms with E-state index in [0.29, 0.717) is 11.8 Å². The van der Waals surface area contributed by atoms with Crippen LogP contribution in [0.5, 0.6) is 0 Å². The van der Waals surface area contributed by atoms with Gasteiger partial charge in [-0.05, 0) is 35.6 Å². The number of benzene rings is 1. The van der Waals surface area contributed by atoms with Gasteiger partial charge < -0.3 is 5.32 Å². The van der Waals surface area contributed by atoms with E-state index in [1.165, 1.54) is 12.1 Å². The van der Waals surface area contributed by atoms with Crippen LogP contribution in [0.25, 0.3) is 0 Å². The van der Waals surface area contributed by atoms with Crippen LogP contribution >= 0.6 is 0 Å². The van der Waals surface area contributed by atoms with Crippen molar-refractivity contribution in [1.82, 2.24) is 0 Å². The van der Waals surface area contributed by atoms with Gasteiger partial charge in [0.05, 0.1) is 5.41 Å². The first-order valence-corrected chi connectivity index (χ1v) is 5.20. The van der Waals surface area contributed by atoms with E-state index in [4.69, 9.17) is 0 Å². The van der Waals surface area contributed by atoms with Crippen molar-refractivity contribution in [3.63, 3.8) is 0 Å². The fourth-order valence-electron chi connectivity index (χ4n) is 3.00. The molecule has 2 nitrogen and oxygen atoms in total. The minimum absolute atomic E-state index is 0.0306. The van der Waals surface area contributed by atoms with E-state index >= 15 is 0 Å². The van der Waals surface area contributed by atoms with Crippen molar-refractivity contribution in [3.8, 4) is 0 Å². The van der Waals surface area contributed by atoms with E-state index in [-0.39, 0.29) is 11.7 Å². The first-order chi connectivity index (χ1) is 7.08. The molecular weight excluding hydrogens is 193 g/mol. The minimum Gasteiger partial charge on any atom is -0.325 e. The molecule has 1 amide bonds. The Hall–Kier alpha value is -1.38. The maximum Gasteiger partial charge on any atom is 0.235 e. The van der Waals surface area contributed by atoms with Crippen LogP contribution in [0, 0.1) is 17.7 Å². The molecule has 1 N–H and O–H groups in total. The SMILES string of the molecule is CC1C(C)C12C(=O)Nc1ccc(F)cc12. The smallest absolute Gasteiger partial charge is 0.235 e. The fourth-order valence-corrected chi connectivity index (χ4v) is 3.00.